The van der Waals surface area contributed by atoms with Crippen LogP contribution in [-0.2, 0) is 4.74 Å². The van der Waals surface area contributed by atoms with Crippen molar-refractivity contribution in [2.75, 3.05) is 33.4 Å². The van der Waals surface area contributed by atoms with Crippen molar-refractivity contribution in [2.24, 2.45) is 17.6 Å². The van der Waals surface area contributed by atoms with Crippen molar-refractivity contribution in [3.05, 3.63) is 0 Å². The maximum absolute atomic E-state index is 5.81. The van der Waals surface area contributed by atoms with Gasteiger partial charge < -0.3 is 15.4 Å². The molecule has 0 aromatic heterocycles. The molecule has 2 fully saturated rings. The molecule has 0 radical (unpaired) electrons. The molecular formula is C13H26N2O. The Morgan fingerprint density at radius 1 is 1.25 bits per heavy atom. The monoisotopic (exact) mass is 226 g/mol. The molecule has 0 heterocycles. The fraction of sp³-hybridized carbons (Fsp3) is 1.00. The number of hydrogen-bond acceptors (Lipinski definition) is 3. The van der Waals surface area contributed by atoms with Crippen LogP contribution in [0.25, 0.3) is 0 Å². The summed E-state index contributed by atoms with van der Waals surface area (Å²) in [6.45, 7) is 3.78. The number of nitrogens with two attached hydrogens (primary N) is 1. The first kappa shape index (κ1) is 12.3. The second-order valence-corrected chi connectivity index (χ2v) is 5.49. The number of ether oxygens (including phenoxy) is 1. The Labute approximate surface area is 99.3 Å². The molecule has 0 bridgehead atoms. The highest BCUT2D eigenvalue weighted by atomic mass is 16.5. The molecule has 16 heavy (non-hydrogen) atoms. The minimum atomic E-state index is 0.703. The van der Waals surface area contributed by atoms with Gasteiger partial charge in [-0.2, -0.15) is 0 Å². The van der Waals surface area contributed by atoms with Gasteiger partial charge in [-0.05, 0) is 51.1 Å². The molecule has 0 aromatic rings. The summed E-state index contributed by atoms with van der Waals surface area (Å²) in [5.74, 6) is 1.60. The zero-order valence-corrected chi connectivity index (χ0v) is 10.5. The van der Waals surface area contributed by atoms with Crippen molar-refractivity contribution in [3.8, 4) is 0 Å². The lowest BCUT2D eigenvalue weighted by Crippen LogP contribution is -2.39. The third-order valence-electron chi connectivity index (χ3n) is 4.13. The average Bonchev–Trinajstić information content (AvgIpc) is 2.99. The van der Waals surface area contributed by atoms with Gasteiger partial charge in [0.15, 0.2) is 0 Å². The summed E-state index contributed by atoms with van der Waals surface area (Å²) in [6, 6.07) is 0.703. The summed E-state index contributed by atoms with van der Waals surface area (Å²) in [6.07, 6.45) is 6.75. The van der Waals surface area contributed by atoms with E-state index < -0.39 is 0 Å². The minimum Gasteiger partial charge on any atom is -0.380 e. The Morgan fingerprint density at radius 3 is 2.75 bits per heavy atom. The van der Waals surface area contributed by atoms with E-state index in [4.69, 9.17) is 10.5 Å². The van der Waals surface area contributed by atoms with E-state index >= 15 is 0 Å². The normalized spacial score (nSPS) is 30.2. The predicted octanol–water partition coefficient (Wildman–Crippen LogP) is 1.47. The number of hydrogen-bond donors (Lipinski definition) is 1. The van der Waals surface area contributed by atoms with Crippen LogP contribution in [0.4, 0.5) is 0 Å². The topological polar surface area (TPSA) is 38.5 Å². The maximum Gasteiger partial charge on any atom is 0.0593 e. The SMILES string of the molecule is CN(CCOCC1CC1)C1CCCC1CN. The van der Waals surface area contributed by atoms with Crippen molar-refractivity contribution in [3.63, 3.8) is 0 Å². The van der Waals surface area contributed by atoms with Gasteiger partial charge in [-0.25, -0.2) is 0 Å². The van der Waals surface area contributed by atoms with Gasteiger partial charge in [0.25, 0.3) is 0 Å². The average molecular weight is 226 g/mol. The highest BCUT2D eigenvalue weighted by Gasteiger charge is 2.29. The second-order valence-electron chi connectivity index (χ2n) is 5.49. The summed E-state index contributed by atoms with van der Waals surface area (Å²) < 4.78 is 5.68. The first-order chi connectivity index (χ1) is 7.81. The molecule has 2 saturated carbocycles. The summed E-state index contributed by atoms with van der Waals surface area (Å²) in [5.41, 5.74) is 5.81. The second kappa shape index (κ2) is 5.99. The standard InChI is InChI=1S/C13H26N2O/c1-15(7-8-16-10-11-5-6-11)13-4-2-3-12(13)9-14/h11-13H,2-10,14H2,1H3. The van der Waals surface area contributed by atoms with E-state index in [0.29, 0.717) is 12.0 Å². The highest BCUT2D eigenvalue weighted by molar-refractivity contribution is 4.84. The van der Waals surface area contributed by atoms with Crippen LogP contribution in [0.15, 0.2) is 0 Å². The molecule has 2 N–H and O–H groups in total. The summed E-state index contributed by atoms with van der Waals surface area (Å²) in [4.78, 5) is 2.46. The zero-order valence-electron chi connectivity index (χ0n) is 10.5. The Kier molecular flexibility index (Phi) is 4.62. The fourth-order valence-electron chi connectivity index (χ4n) is 2.78. The molecule has 0 aromatic carbocycles. The van der Waals surface area contributed by atoms with Crippen LogP contribution in [0.3, 0.4) is 0 Å². The van der Waals surface area contributed by atoms with Gasteiger partial charge in [0.1, 0.15) is 0 Å². The lowest BCUT2D eigenvalue weighted by molar-refractivity contribution is 0.0848. The quantitative estimate of drug-likeness (QED) is 0.668. The van der Waals surface area contributed by atoms with Gasteiger partial charge in [0, 0.05) is 19.2 Å². The molecular weight excluding hydrogens is 200 g/mol. The summed E-state index contributed by atoms with van der Waals surface area (Å²) in [7, 11) is 2.22. The maximum atomic E-state index is 5.81. The van der Waals surface area contributed by atoms with Crippen molar-refractivity contribution in [1.29, 1.82) is 0 Å². The van der Waals surface area contributed by atoms with Gasteiger partial charge in [-0.3, -0.25) is 0 Å². The molecule has 0 aliphatic heterocycles. The van der Waals surface area contributed by atoms with E-state index in [-0.39, 0.29) is 0 Å². The lowest BCUT2D eigenvalue weighted by Gasteiger charge is -2.28. The molecule has 2 aliphatic rings. The van der Waals surface area contributed by atoms with E-state index in [9.17, 15) is 0 Å². The van der Waals surface area contributed by atoms with E-state index in [1.807, 2.05) is 0 Å². The third kappa shape index (κ3) is 3.44. The van der Waals surface area contributed by atoms with Gasteiger partial charge >= 0.3 is 0 Å². The molecule has 3 nitrogen and oxygen atoms in total. The van der Waals surface area contributed by atoms with Gasteiger partial charge in [0.2, 0.25) is 0 Å². The smallest absolute Gasteiger partial charge is 0.0593 e. The summed E-state index contributed by atoms with van der Waals surface area (Å²) in [5, 5.41) is 0. The van der Waals surface area contributed by atoms with Gasteiger partial charge in [0.05, 0.1) is 6.61 Å². The summed E-state index contributed by atoms with van der Waals surface area (Å²) >= 11 is 0. The largest absolute Gasteiger partial charge is 0.380 e. The van der Waals surface area contributed by atoms with Crippen LogP contribution >= 0.6 is 0 Å². The van der Waals surface area contributed by atoms with Crippen LogP contribution in [0.1, 0.15) is 32.1 Å². The van der Waals surface area contributed by atoms with Crippen LogP contribution in [0.2, 0.25) is 0 Å². The molecule has 3 heteroatoms. The molecule has 94 valence electrons. The van der Waals surface area contributed by atoms with Crippen molar-refractivity contribution in [1.82, 2.24) is 4.90 Å². The van der Waals surface area contributed by atoms with Crippen LogP contribution in [0, 0.1) is 11.8 Å². The molecule has 0 spiro atoms. The lowest BCUT2D eigenvalue weighted by atomic mass is 10.0. The third-order valence-corrected chi connectivity index (χ3v) is 4.13. The molecule has 2 aliphatic carbocycles. The number of likely N-dealkylation sites (N-methyl/N-ethyl adjacent to an activating group) is 1. The first-order valence-corrected chi connectivity index (χ1v) is 6.79. The van der Waals surface area contributed by atoms with Crippen molar-refractivity contribution < 1.29 is 4.74 Å². The van der Waals surface area contributed by atoms with E-state index in [2.05, 4.69) is 11.9 Å². The van der Waals surface area contributed by atoms with Crippen LogP contribution in [0.5, 0.6) is 0 Å². The van der Waals surface area contributed by atoms with Crippen molar-refractivity contribution in [2.45, 2.75) is 38.1 Å². The Bertz CT molecular complexity index is 206. The molecule has 2 rings (SSSR count). The molecule has 0 amide bonds. The minimum absolute atomic E-state index is 0.703. The predicted molar refractivity (Wildman–Crippen MR) is 66.4 cm³/mol. The number of nitrogens with zero attached hydrogens (tertiary/aromatic N) is 1. The Balaban J connectivity index is 1.59. The highest BCUT2D eigenvalue weighted by Crippen LogP contribution is 2.29. The van der Waals surface area contributed by atoms with Crippen LogP contribution in [-0.4, -0.2) is 44.3 Å². The van der Waals surface area contributed by atoms with Gasteiger partial charge in [-0.15, -0.1) is 0 Å². The zero-order chi connectivity index (χ0) is 11.4. The van der Waals surface area contributed by atoms with Crippen molar-refractivity contribution >= 4 is 0 Å². The number of rotatable bonds is 7. The first-order valence-electron chi connectivity index (χ1n) is 6.79. The molecule has 2 unspecified atom stereocenters. The van der Waals surface area contributed by atoms with Crippen LogP contribution < -0.4 is 5.73 Å². The fourth-order valence-corrected chi connectivity index (χ4v) is 2.78. The van der Waals surface area contributed by atoms with Gasteiger partial charge in [-0.1, -0.05) is 6.42 Å². The van der Waals surface area contributed by atoms with E-state index in [0.717, 1.165) is 32.2 Å². The Morgan fingerprint density at radius 2 is 2.06 bits per heavy atom. The van der Waals surface area contributed by atoms with E-state index in [1.165, 1.54) is 32.1 Å². The van der Waals surface area contributed by atoms with E-state index in [1.54, 1.807) is 0 Å². The Hall–Kier alpha value is -0.120. The molecule has 0 saturated heterocycles. The molecule has 2 atom stereocenters.